The molecule has 4 nitrogen and oxygen atoms in total. The Labute approximate surface area is 267 Å². The molecule has 0 unspecified atom stereocenters. The van der Waals surface area contributed by atoms with Gasteiger partial charge >= 0.3 is 8.24 Å². The van der Waals surface area contributed by atoms with Crippen molar-refractivity contribution in [3.8, 4) is 0 Å². The molecule has 8 rings (SSSR count). The summed E-state index contributed by atoms with van der Waals surface area (Å²) in [7, 11) is -1.91. The van der Waals surface area contributed by atoms with Crippen LogP contribution in [0.1, 0.15) is 28.8 Å². The van der Waals surface area contributed by atoms with E-state index in [1.54, 1.807) is 0 Å². The van der Waals surface area contributed by atoms with Crippen LogP contribution in [0.25, 0.3) is 43.5 Å². The predicted octanol–water partition coefficient (Wildman–Crippen LogP) is 11.6. The molecule has 0 radical (unpaired) electrons. The van der Waals surface area contributed by atoms with Gasteiger partial charge in [0.05, 0.1) is 0 Å². The molecule has 1 heterocycles. The van der Waals surface area contributed by atoms with Crippen LogP contribution in [-0.4, -0.2) is 6.21 Å². The van der Waals surface area contributed by atoms with Crippen LogP contribution in [0, 0.1) is 0 Å². The van der Waals surface area contributed by atoms with Crippen molar-refractivity contribution in [3.63, 3.8) is 0 Å². The zero-order valence-electron chi connectivity index (χ0n) is 24.9. The van der Waals surface area contributed by atoms with Crippen LogP contribution in [0.15, 0.2) is 177 Å². The Morgan fingerprint density at radius 2 is 0.978 bits per heavy atom. The minimum Gasteiger partial charge on any atom is -0.399 e. The summed E-state index contributed by atoms with van der Waals surface area (Å²) >= 11 is 0. The highest BCUT2D eigenvalue weighted by molar-refractivity contribution is 7.31. The molecule has 0 bridgehead atoms. The zero-order chi connectivity index (χ0) is 30.7. The van der Waals surface area contributed by atoms with Gasteiger partial charge in [-0.2, -0.15) is 0 Å². The summed E-state index contributed by atoms with van der Waals surface area (Å²) in [4.78, 5) is 5.15. The van der Waals surface area contributed by atoms with E-state index in [2.05, 4.69) is 84.9 Å². The molecule has 0 N–H and O–H groups in total. The van der Waals surface area contributed by atoms with Crippen molar-refractivity contribution >= 4 is 57.9 Å². The Kier molecular flexibility index (Phi) is 7.65. The second kappa shape index (κ2) is 12.5. The van der Waals surface area contributed by atoms with Gasteiger partial charge in [0.1, 0.15) is 23.3 Å². The van der Waals surface area contributed by atoms with E-state index in [-0.39, 0.29) is 6.04 Å². The van der Waals surface area contributed by atoms with Crippen molar-refractivity contribution in [2.45, 2.75) is 12.1 Å². The molecule has 0 fully saturated rings. The predicted molar refractivity (Wildman–Crippen MR) is 190 cm³/mol. The molecule has 0 aliphatic carbocycles. The van der Waals surface area contributed by atoms with E-state index >= 15 is 0 Å². The first kappa shape index (κ1) is 28.1. The second-order valence-corrected chi connectivity index (χ2v) is 12.2. The van der Waals surface area contributed by atoms with E-state index < -0.39 is 14.3 Å². The van der Waals surface area contributed by atoms with Gasteiger partial charge in [0, 0.05) is 17.0 Å². The van der Waals surface area contributed by atoms with Crippen LogP contribution >= 0.6 is 8.24 Å². The molecule has 7 aromatic carbocycles. The van der Waals surface area contributed by atoms with Crippen molar-refractivity contribution in [1.29, 1.82) is 0 Å². The maximum Gasteiger partial charge on any atom is 0.388 e. The molecule has 0 spiro atoms. The summed E-state index contributed by atoms with van der Waals surface area (Å²) in [6.45, 7) is 0. The normalized spacial score (nSPS) is 13.0. The summed E-state index contributed by atoms with van der Waals surface area (Å²) in [5, 5.41) is 6.50. The van der Waals surface area contributed by atoms with Gasteiger partial charge in [0.25, 0.3) is 0 Å². The third kappa shape index (κ3) is 5.50. The largest absolute Gasteiger partial charge is 0.399 e. The van der Waals surface area contributed by atoms with Crippen LogP contribution in [0.2, 0.25) is 0 Å². The summed E-state index contributed by atoms with van der Waals surface area (Å²) in [5.74, 6) is 0. The van der Waals surface area contributed by atoms with Gasteiger partial charge in [0.2, 0.25) is 0 Å². The number of hydrogen-bond acceptors (Lipinski definition) is 4. The van der Waals surface area contributed by atoms with Crippen LogP contribution < -0.4 is 4.52 Å². The highest BCUT2D eigenvalue weighted by Crippen LogP contribution is 2.44. The summed E-state index contributed by atoms with van der Waals surface area (Å²) in [5.41, 5.74) is 4.50. The van der Waals surface area contributed by atoms with E-state index in [1.807, 2.05) is 85.1 Å². The number of rotatable bonds is 7. The fourth-order valence-corrected chi connectivity index (χ4v) is 7.30. The lowest BCUT2D eigenvalue weighted by Crippen LogP contribution is -2.15. The zero-order valence-corrected chi connectivity index (χ0v) is 25.8. The van der Waals surface area contributed by atoms with Gasteiger partial charge < -0.3 is 8.39 Å². The van der Waals surface area contributed by atoms with Crippen molar-refractivity contribution in [2.75, 3.05) is 0 Å². The minimum atomic E-state index is -1.91. The lowest BCUT2D eigenvalue weighted by Gasteiger charge is -2.24. The number of nitrogens with zero attached hydrogens (tertiary/aromatic N) is 1. The van der Waals surface area contributed by atoms with Crippen molar-refractivity contribution < 1.29 is 12.9 Å². The average molecular weight is 616 g/mol. The molecule has 0 saturated heterocycles. The molecule has 1 aromatic heterocycles. The van der Waals surface area contributed by atoms with Crippen LogP contribution in [0.3, 0.4) is 0 Å². The number of benzene rings is 7. The van der Waals surface area contributed by atoms with Crippen LogP contribution in [-0.2, 0) is 0 Å². The topological polar surface area (TPSA) is 47.9 Å². The lowest BCUT2D eigenvalue weighted by molar-refractivity contribution is 0.227. The fraction of sp³-hybridized carbons (Fsp3) is 0.0488. The lowest BCUT2D eigenvalue weighted by atomic mass is 9.96. The van der Waals surface area contributed by atoms with E-state index in [0.29, 0.717) is 0 Å². The number of hydrogen-bond donors (Lipinski definition) is 0. The van der Waals surface area contributed by atoms with E-state index in [4.69, 9.17) is 17.9 Å². The average Bonchev–Trinajstić information content (AvgIpc) is 3.29. The van der Waals surface area contributed by atoms with Gasteiger partial charge in [-0.25, -0.2) is 0 Å². The Morgan fingerprint density at radius 3 is 1.54 bits per heavy atom. The van der Waals surface area contributed by atoms with E-state index in [1.165, 1.54) is 0 Å². The van der Waals surface area contributed by atoms with Gasteiger partial charge in [-0.05, 0) is 50.4 Å². The number of aliphatic imine (C=N–C) groups is 1. The smallest absolute Gasteiger partial charge is 0.388 e. The van der Waals surface area contributed by atoms with Gasteiger partial charge in [-0.1, -0.05) is 152 Å². The highest BCUT2D eigenvalue weighted by atomic mass is 31.1. The monoisotopic (exact) mass is 615 g/mol. The standard InChI is InChI=1S/C41H30NO3P/c1-4-14-29(15-5-1)28-42-40(32-18-6-2-7-19-32)41(33-20-8-3-9-21-33)45-46-43-36-26-24-30-16-10-12-22-34(30)38(36)39-35-23-13-11-17-31(35)25-27-37(39)44-46/h1-28,40-41H/t40-,41+/m0/s1. The molecular formula is C41H30NO3P. The maximum absolute atomic E-state index is 7.01. The first-order chi connectivity index (χ1) is 22.8. The molecule has 0 aliphatic rings. The Bertz CT molecular complexity index is 2260. The Balaban J connectivity index is 1.37. The second-order valence-electron chi connectivity index (χ2n) is 11.2. The van der Waals surface area contributed by atoms with Gasteiger partial charge in [0.15, 0.2) is 0 Å². The molecule has 0 saturated carbocycles. The van der Waals surface area contributed by atoms with Crippen LogP contribution in [0.4, 0.5) is 0 Å². The molecule has 2 atom stereocenters. The molecule has 46 heavy (non-hydrogen) atoms. The first-order valence-corrected chi connectivity index (χ1v) is 16.5. The quantitative estimate of drug-likeness (QED) is 0.168. The fourth-order valence-electron chi connectivity index (χ4n) is 6.12. The highest BCUT2D eigenvalue weighted by Gasteiger charge is 2.28. The summed E-state index contributed by atoms with van der Waals surface area (Å²) < 4.78 is 20.5. The van der Waals surface area contributed by atoms with Crippen molar-refractivity contribution in [1.82, 2.24) is 0 Å². The van der Waals surface area contributed by atoms with E-state index in [9.17, 15) is 0 Å². The van der Waals surface area contributed by atoms with E-state index in [0.717, 1.165) is 60.2 Å². The van der Waals surface area contributed by atoms with Gasteiger partial charge in [-0.3, -0.25) is 9.52 Å². The molecule has 222 valence electrons. The number of fused-ring (bicyclic) bond motifs is 7. The molecular weight excluding hydrogens is 585 g/mol. The third-order valence-corrected chi connectivity index (χ3v) is 9.41. The van der Waals surface area contributed by atoms with Crippen molar-refractivity contribution in [3.05, 3.63) is 180 Å². The maximum atomic E-state index is 7.01. The van der Waals surface area contributed by atoms with Crippen LogP contribution in [0.5, 0.6) is 0 Å². The molecule has 0 aliphatic heterocycles. The summed E-state index contributed by atoms with van der Waals surface area (Å²) in [6.07, 6.45) is 1.42. The SMILES string of the molecule is C(=N[C@@H](c1ccccc1)[C@H](Op1oc2ccc3ccccc3c2c2c(ccc3ccccc32)o1)c1ccccc1)c1ccccc1. The Morgan fingerprint density at radius 1 is 0.500 bits per heavy atom. The van der Waals surface area contributed by atoms with Crippen molar-refractivity contribution in [2.24, 2.45) is 4.99 Å². The first-order valence-electron chi connectivity index (χ1n) is 15.4. The summed E-state index contributed by atoms with van der Waals surface area (Å²) in [6, 6.07) is 55.4. The third-order valence-electron chi connectivity index (χ3n) is 8.32. The molecule has 5 heteroatoms. The minimum absolute atomic E-state index is 0.367. The molecule has 8 aromatic rings. The van der Waals surface area contributed by atoms with Gasteiger partial charge in [-0.15, -0.1) is 0 Å². The Hall–Kier alpha value is -5.41. The molecule has 0 amide bonds.